The number of anilines is 2. The van der Waals surface area contributed by atoms with Crippen molar-refractivity contribution in [1.82, 2.24) is 9.78 Å². The number of amides is 1. The van der Waals surface area contributed by atoms with Crippen molar-refractivity contribution in [3.63, 3.8) is 0 Å². The van der Waals surface area contributed by atoms with Gasteiger partial charge in [-0.2, -0.15) is 5.10 Å². The highest BCUT2D eigenvalue weighted by Crippen LogP contribution is 2.34. The van der Waals surface area contributed by atoms with Gasteiger partial charge in [0.05, 0.1) is 36.3 Å². The average Bonchev–Trinajstić information content (AvgIpc) is 3.13. The van der Waals surface area contributed by atoms with Crippen molar-refractivity contribution in [2.75, 3.05) is 43.6 Å². The van der Waals surface area contributed by atoms with Crippen molar-refractivity contribution in [3.05, 3.63) is 54.1 Å². The van der Waals surface area contributed by atoms with Gasteiger partial charge in [0.15, 0.2) is 5.82 Å². The molecule has 0 radical (unpaired) electrons. The van der Waals surface area contributed by atoms with Gasteiger partial charge in [0.1, 0.15) is 6.10 Å². The van der Waals surface area contributed by atoms with E-state index in [2.05, 4.69) is 34.5 Å². The number of benzene rings is 2. The van der Waals surface area contributed by atoms with Crippen molar-refractivity contribution >= 4 is 28.3 Å². The van der Waals surface area contributed by atoms with Crippen LogP contribution in [-0.2, 0) is 20.8 Å². The van der Waals surface area contributed by atoms with Gasteiger partial charge in [0, 0.05) is 20.2 Å². The lowest BCUT2D eigenvalue weighted by Crippen LogP contribution is -2.36. The second kappa shape index (κ2) is 9.28. The Kier molecular flexibility index (Phi) is 6.30. The van der Waals surface area contributed by atoms with E-state index in [4.69, 9.17) is 14.6 Å². The fourth-order valence-electron chi connectivity index (χ4n) is 3.90. The molecular weight excluding hydrogens is 380 g/mol. The fourth-order valence-corrected chi connectivity index (χ4v) is 3.90. The normalized spacial score (nSPS) is 15.3. The van der Waals surface area contributed by atoms with Gasteiger partial charge in [-0.25, -0.2) is 0 Å². The zero-order valence-electron chi connectivity index (χ0n) is 17.5. The van der Waals surface area contributed by atoms with Crippen molar-refractivity contribution in [3.8, 4) is 0 Å². The maximum absolute atomic E-state index is 12.8. The Balaban J connectivity index is 1.78. The highest BCUT2D eigenvalue weighted by atomic mass is 16.5. The molecule has 2 heterocycles. The number of aromatic nitrogens is 2. The minimum Gasteiger partial charge on any atom is -0.378 e. The molecule has 1 unspecified atom stereocenters. The lowest BCUT2D eigenvalue weighted by molar-refractivity contribution is -0.125. The summed E-state index contributed by atoms with van der Waals surface area (Å²) in [7, 11) is 1.55. The van der Waals surface area contributed by atoms with Crippen LogP contribution in [0.2, 0.25) is 0 Å². The average molecular weight is 409 g/mol. The molecule has 158 valence electrons. The maximum Gasteiger partial charge on any atom is 0.254 e. The van der Waals surface area contributed by atoms with E-state index in [1.807, 2.05) is 35.9 Å². The minimum atomic E-state index is -0.505. The Morgan fingerprint density at radius 3 is 2.63 bits per heavy atom. The topological polar surface area (TPSA) is 68.6 Å². The van der Waals surface area contributed by atoms with Gasteiger partial charge in [-0.05, 0) is 24.1 Å². The minimum absolute atomic E-state index is 0.178. The number of rotatable bonds is 7. The predicted octanol–water partition coefficient (Wildman–Crippen LogP) is 3.28. The van der Waals surface area contributed by atoms with Crippen LogP contribution in [0, 0.1) is 0 Å². The molecule has 7 heteroatoms. The molecule has 2 aromatic carbocycles. The first-order valence-electron chi connectivity index (χ1n) is 10.4. The van der Waals surface area contributed by atoms with Crippen molar-refractivity contribution < 1.29 is 14.3 Å². The van der Waals surface area contributed by atoms with Crippen LogP contribution in [0.4, 0.5) is 11.5 Å². The van der Waals surface area contributed by atoms with Crippen LogP contribution in [0.1, 0.15) is 18.9 Å². The molecule has 30 heavy (non-hydrogen) atoms. The first kappa shape index (κ1) is 20.4. The van der Waals surface area contributed by atoms with Crippen LogP contribution in [0.5, 0.6) is 0 Å². The standard InChI is InChI=1S/C23H28N4O3/c1-3-20(29-2)23(28)24-22-21-18(26-12-14-30-15-13-26)10-7-11-19(21)27(25-22)16-17-8-5-4-6-9-17/h4-11,20H,3,12-16H2,1-2H3,(H,24,25,28). The van der Waals surface area contributed by atoms with E-state index in [9.17, 15) is 4.79 Å². The number of hydrogen-bond acceptors (Lipinski definition) is 5. The molecule has 0 aliphatic carbocycles. The summed E-state index contributed by atoms with van der Waals surface area (Å²) in [4.78, 5) is 15.0. The highest BCUT2D eigenvalue weighted by molar-refractivity contribution is 6.07. The van der Waals surface area contributed by atoms with E-state index in [0.717, 1.165) is 35.2 Å². The van der Waals surface area contributed by atoms with Crippen LogP contribution < -0.4 is 10.2 Å². The van der Waals surface area contributed by atoms with Gasteiger partial charge in [-0.3, -0.25) is 9.48 Å². The number of hydrogen-bond donors (Lipinski definition) is 1. The molecule has 7 nitrogen and oxygen atoms in total. The number of fused-ring (bicyclic) bond motifs is 1. The molecule has 4 rings (SSSR count). The molecule has 1 atom stereocenters. The van der Waals surface area contributed by atoms with E-state index in [0.29, 0.717) is 32.0 Å². The van der Waals surface area contributed by atoms with Crippen LogP contribution >= 0.6 is 0 Å². The number of nitrogens with one attached hydrogen (secondary N) is 1. The van der Waals surface area contributed by atoms with Crippen molar-refractivity contribution in [1.29, 1.82) is 0 Å². The van der Waals surface area contributed by atoms with Crippen LogP contribution in [0.15, 0.2) is 48.5 Å². The molecule has 1 aliphatic heterocycles. The molecular formula is C23H28N4O3. The van der Waals surface area contributed by atoms with E-state index >= 15 is 0 Å². The smallest absolute Gasteiger partial charge is 0.254 e. The molecule has 1 aromatic heterocycles. The Morgan fingerprint density at radius 1 is 1.17 bits per heavy atom. The summed E-state index contributed by atoms with van der Waals surface area (Å²) < 4.78 is 12.8. The van der Waals surface area contributed by atoms with E-state index in [1.54, 1.807) is 7.11 Å². The first-order valence-corrected chi connectivity index (χ1v) is 10.4. The third kappa shape index (κ3) is 4.17. The van der Waals surface area contributed by atoms with Crippen molar-refractivity contribution in [2.24, 2.45) is 0 Å². The van der Waals surface area contributed by atoms with Gasteiger partial charge in [0.25, 0.3) is 5.91 Å². The lowest BCUT2D eigenvalue weighted by Gasteiger charge is -2.29. The molecule has 1 amide bonds. The Hall–Kier alpha value is -2.90. The van der Waals surface area contributed by atoms with Gasteiger partial charge in [-0.1, -0.05) is 43.3 Å². The molecule has 1 saturated heterocycles. The molecule has 0 spiro atoms. The van der Waals surface area contributed by atoms with E-state index in [-0.39, 0.29) is 5.91 Å². The summed E-state index contributed by atoms with van der Waals surface area (Å²) in [6.07, 6.45) is 0.0938. The van der Waals surface area contributed by atoms with Gasteiger partial charge < -0.3 is 19.7 Å². The number of carbonyl (C=O) groups excluding carboxylic acids is 1. The predicted molar refractivity (Wildman–Crippen MR) is 118 cm³/mol. The van der Waals surface area contributed by atoms with E-state index in [1.165, 1.54) is 0 Å². The maximum atomic E-state index is 12.8. The number of ether oxygens (including phenoxy) is 2. The molecule has 0 bridgehead atoms. The molecule has 3 aromatic rings. The zero-order chi connectivity index (χ0) is 20.9. The summed E-state index contributed by atoms with van der Waals surface area (Å²) in [5, 5.41) is 8.77. The lowest BCUT2D eigenvalue weighted by atomic mass is 10.1. The fraction of sp³-hybridized carbons (Fsp3) is 0.391. The third-order valence-corrected chi connectivity index (χ3v) is 5.47. The van der Waals surface area contributed by atoms with Gasteiger partial charge >= 0.3 is 0 Å². The first-order chi connectivity index (χ1) is 14.7. The van der Waals surface area contributed by atoms with Crippen LogP contribution in [-0.4, -0.2) is 55.2 Å². The second-order valence-electron chi connectivity index (χ2n) is 7.38. The monoisotopic (exact) mass is 408 g/mol. The Morgan fingerprint density at radius 2 is 1.93 bits per heavy atom. The Bertz CT molecular complexity index is 992. The quantitative estimate of drug-likeness (QED) is 0.650. The zero-order valence-corrected chi connectivity index (χ0v) is 17.5. The number of carbonyl (C=O) groups is 1. The van der Waals surface area contributed by atoms with Gasteiger partial charge in [-0.15, -0.1) is 0 Å². The van der Waals surface area contributed by atoms with Crippen LogP contribution in [0.25, 0.3) is 10.9 Å². The molecule has 0 saturated carbocycles. The number of methoxy groups -OCH3 is 1. The number of morpholine rings is 1. The second-order valence-corrected chi connectivity index (χ2v) is 7.38. The summed E-state index contributed by atoms with van der Waals surface area (Å²) in [6.45, 7) is 5.56. The van der Waals surface area contributed by atoms with E-state index < -0.39 is 6.10 Å². The highest BCUT2D eigenvalue weighted by Gasteiger charge is 2.23. The summed E-state index contributed by atoms with van der Waals surface area (Å²) in [5.41, 5.74) is 3.21. The van der Waals surface area contributed by atoms with Crippen LogP contribution in [0.3, 0.4) is 0 Å². The largest absolute Gasteiger partial charge is 0.378 e. The summed E-state index contributed by atoms with van der Waals surface area (Å²) in [5.74, 6) is 0.395. The molecule has 1 fully saturated rings. The third-order valence-electron chi connectivity index (χ3n) is 5.47. The van der Waals surface area contributed by atoms with Crippen molar-refractivity contribution in [2.45, 2.75) is 26.0 Å². The Labute approximate surface area is 176 Å². The SMILES string of the molecule is CCC(OC)C(=O)Nc1nn(Cc2ccccc2)c2cccc(N3CCOCC3)c12. The van der Waals surface area contributed by atoms with Gasteiger partial charge in [0.2, 0.25) is 0 Å². The molecule has 1 N–H and O–H groups in total. The summed E-state index contributed by atoms with van der Waals surface area (Å²) >= 11 is 0. The summed E-state index contributed by atoms with van der Waals surface area (Å²) in [6, 6.07) is 16.4. The molecule has 1 aliphatic rings. The number of nitrogens with zero attached hydrogens (tertiary/aromatic N) is 3.